The Morgan fingerprint density at radius 3 is 2.68 bits per heavy atom. The first-order valence-corrected chi connectivity index (χ1v) is 11.9. The monoisotopic (exact) mass is 505 g/mol. The molecule has 2 saturated heterocycles. The summed E-state index contributed by atoms with van der Waals surface area (Å²) >= 11 is 0. The van der Waals surface area contributed by atoms with Gasteiger partial charge in [-0.05, 0) is 32.9 Å². The van der Waals surface area contributed by atoms with Crippen molar-refractivity contribution in [3.8, 4) is 0 Å². The molecule has 0 saturated carbocycles. The van der Waals surface area contributed by atoms with Crippen molar-refractivity contribution in [1.29, 1.82) is 0 Å². The molecule has 5 rings (SSSR count). The van der Waals surface area contributed by atoms with Crippen LogP contribution in [0.1, 0.15) is 37.4 Å². The van der Waals surface area contributed by atoms with Crippen LogP contribution in [0.4, 0.5) is 5.82 Å². The largest absolute Gasteiger partial charge is 0.463 e. The number of benzene rings is 1. The van der Waals surface area contributed by atoms with Crippen molar-refractivity contribution in [2.75, 3.05) is 11.9 Å². The maximum atomic E-state index is 12.7. The van der Waals surface area contributed by atoms with Crippen LogP contribution in [0.15, 0.2) is 67.3 Å². The van der Waals surface area contributed by atoms with Gasteiger partial charge in [0.2, 0.25) is 0 Å². The molecule has 1 N–H and O–H groups in total. The number of nitrogens with one attached hydrogen (secondary N) is 1. The summed E-state index contributed by atoms with van der Waals surface area (Å²) in [5.74, 6) is -1.25. The van der Waals surface area contributed by atoms with Crippen LogP contribution in [0, 0.1) is 0 Å². The lowest BCUT2D eigenvalue weighted by Gasteiger charge is -2.24. The molecular formula is C26H27N5O6. The summed E-state index contributed by atoms with van der Waals surface area (Å²) in [5.41, 5.74) is 1.39. The zero-order chi connectivity index (χ0) is 26.0. The number of esters is 1. The van der Waals surface area contributed by atoms with Crippen LogP contribution in [0.25, 0.3) is 11.2 Å². The minimum atomic E-state index is -0.815. The summed E-state index contributed by atoms with van der Waals surface area (Å²) in [6.45, 7) is 5.74. The first-order valence-electron chi connectivity index (χ1n) is 11.9. The maximum absolute atomic E-state index is 12.7. The van der Waals surface area contributed by atoms with E-state index in [4.69, 9.17) is 18.9 Å². The van der Waals surface area contributed by atoms with Gasteiger partial charge in [0, 0.05) is 11.6 Å². The zero-order valence-corrected chi connectivity index (χ0v) is 20.6. The number of fused-ring (bicyclic) bond motifs is 2. The van der Waals surface area contributed by atoms with Crippen LogP contribution in [0.3, 0.4) is 0 Å². The third kappa shape index (κ3) is 5.15. The summed E-state index contributed by atoms with van der Waals surface area (Å²) in [7, 11) is 0. The van der Waals surface area contributed by atoms with Crippen molar-refractivity contribution < 1.29 is 28.5 Å². The fourth-order valence-corrected chi connectivity index (χ4v) is 4.38. The lowest BCUT2D eigenvalue weighted by Crippen LogP contribution is -2.28. The molecule has 2 aromatic heterocycles. The molecule has 3 aromatic rings. The van der Waals surface area contributed by atoms with E-state index in [0.717, 1.165) is 0 Å². The summed E-state index contributed by atoms with van der Waals surface area (Å²) in [6.07, 6.45) is 7.48. The number of carbonyl (C=O) groups excluding carboxylic acids is 2. The van der Waals surface area contributed by atoms with Crippen LogP contribution < -0.4 is 5.32 Å². The average Bonchev–Trinajstić information content (AvgIpc) is 3.54. The van der Waals surface area contributed by atoms with Crippen molar-refractivity contribution in [2.24, 2.45) is 0 Å². The van der Waals surface area contributed by atoms with Crippen molar-refractivity contribution in [2.45, 2.75) is 51.1 Å². The highest BCUT2D eigenvalue weighted by molar-refractivity contribution is 6.06. The number of anilines is 1. The minimum absolute atomic E-state index is 0.289. The molecule has 0 radical (unpaired) electrons. The smallest absolute Gasteiger partial charge is 0.330 e. The second-order valence-corrected chi connectivity index (χ2v) is 8.92. The molecule has 0 unspecified atom stereocenters. The number of aromatic nitrogens is 4. The summed E-state index contributed by atoms with van der Waals surface area (Å²) < 4.78 is 25.3. The Morgan fingerprint density at radius 1 is 1.11 bits per heavy atom. The fraction of sp³-hybridized carbons (Fsp3) is 0.346. The quantitative estimate of drug-likeness (QED) is 0.293. The van der Waals surface area contributed by atoms with Crippen molar-refractivity contribution in [3.63, 3.8) is 0 Å². The number of ether oxygens (including phenoxy) is 4. The number of imidazole rings is 1. The van der Waals surface area contributed by atoms with E-state index in [2.05, 4.69) is 20.3 Å². The number of rotatable bonds is 7. The molecule has 11 heteroatoms. The highest BCUT2D eigenvalue weighted by Gasteiger charge is 2.55. The second kappa shape index (κ2) is 10.2. The molecule has 0 aliphatic carbocycles. The van der Waals surface area contributed by atoms with Crippen molar-refractivity contribution in [1.82, 2.24) is 19.5 Å². The number of allylic oxidation sites excluding steroid dienone is 2. The summed E-state index contributed by atoms with van der Waals surface area (Å²) in [6, 6.07) is 8.85. The summed E-state index contributed by atoms with van der Waals surface area (Å²) in [5, 5.41) is 2.81. The number of nitrogens with zero attached hydrogens (tertiary/aromatic N) is 4. The number of amides is 1. The third-order valence-corrected chi connectivity index (χ3v) is 5.90. The van der Waals surface area contributed by atoms with Gasteiger partial charge in [0.05, 0.1) is 12.9 Å². The van der Waals surface area contributed by atoms with Gasteiger partial charge in [-0.15, -0.1) is 0 Å². The lowest BCUT2D eigenvalue weighted by molar-refractivity contribution is -0.191. The van der Waals surface area contributed by atoms with Gasteiger partial charge in [0.25, 0.3) is 5.91 Å². The van der Waals surface area contributed by atoms with Gasteiger partial charge in [-0.2, -0.15) is 0 Å². The van der Waals surface area contributed by atoms with E-state index in [1.807, 2.05) is 19.9 Å². The highest BCUT2D eigenvalue weighted by atomic mass is 16.8. The third-order valence-electron chi connectivity index (χ3n) is 5.90. The second-order valence-electron chi connectivity index (χ2n) is 8.92. The van der Waals surface area contributed by atoms with Crippen molar-refractivity contribution >= 4 is 28.9 Å². The predicted octanol–water partition coefficient (Wildman–Crippen LogP) is 3.17. The van der Waals surface area contributed by atoms with E-state index >= 15 is 0 Å². The highest BCUT2D eigenvalue weighted by Crippen LogP contribution is 2.44. The van der Waals surface area contributed by atoms with Crippen LogP contribution in [0.5, 0.6) is 0 Å². The van der Waals surface area contributed by atoms with E-state index in [-0.39, 0.29) is 11.7 Å². The Labute approximate surface area is 213 Å². The molecule has 192 valence electrons. The molecular weight excluding hydrogens is 478 g/mol. The Balaban J connectivity index is 1.40. The fourth-order valence-electron chi connectivity index (χ4n) is 4.38. The molecule has 2 fully saturated rings. The molecule has 0 bridgehead atoms. The minimum Gasteiger partial charge on any atom is -0.463 e. The molecule has 4 atom stereocenters. The van der Waals surface area contributed by atoms with E-state index in [1.165, 1.54) is 12.4 Å². The molecule has 37 heavy (non-hydrogen) atoms. The van der Waals surface area contributed by atoms with Gasteiger partial charge in [-0.25, -0.2) is 19.7 Å². The average molecular weight is 506 g/mol. The first kappa shape index (κ1) is 24.8. The Hall–Kier alpha value is -3.93. The molecule has 1 amide bonds. The standard InChI is InChI=1S/C26H27N5O6/c1-4-34-18(32)13-9-8-12-17-20-21(37-26(2,3)36-20)25(35-17)31-15-29-19-22(27-14-28-23(19)31)30-24(33)16-10-6-5-7-11-16/h5-15,17,20-21,25H,4H2,1-3H3,(H,27,28,30,33)/b12-8+,13-9+/t17-,20-,21-,25-/m1/s1. The van der Waals surface area contributed by atoms with Gasteiger partial charge in [0.1, 0.15) is 24.6 Å². The first-order chi connectivity index (χ1) is 17.9. The molecule has 0 spiro atoms. The van der Waals surface area contributed by atoms with E-state index in [0.29, 0.717) is 23.3 Å². The van der Waals surface area contributed by atoms with Gasteiger partial charge < -0.3 is 24.3 Å². The summed E-state index contributed by atoms with van der Waals surface area (Å²) in [4.78, 5) is 37.3. The lowest BCUT2D eigenvalue weighted by atomic mass is 10.1. The van der Waals surface area contributed by atoms with Crippen LogP contribution in [-0.4, -0.2) is 62.1 Å². The van der Waals surface area contributed by atoms with Crippen LogP contribution >= 0.6 is 0 Å². The molecule has 2 aliphatic heterocycles. The molecule has 2 aliphatic rings. The van der Waals surface area contributed by atoms with Gasteiger partial charge in [0.15, 0.2) is 29.0 Å². The zero-order valence-electron chi connectivity index (χ0n) is 20.6. The van der Waals surface area contributed by atoms with E-state index in [1.54, 1.807) is 60.3 Å². The number of hydrogen-bond acceptors (Lipinski definition) is 9. The number of carbonyl (C=O) groups is 2. The van der Waals surface area contributed by atoms with E-state index in [9.17, 15) is 9.59 Å². The molecule has 11 nitrogen and oxygen atoms in total. The molecule has 1 aromatic carbocycles. The van der Waals surface area contributed by atoms with Crippen LogP contribution in [0.2, 0.25) is 0 Å². The van der Waals surface area contributed by atoms with Gasteiger partial charge in [-0.1, -0.05) is 36.4 Å². The van der Waals surface area contributed by atoms with Gasteiger partial charge in [-0.3, -0.25) is 9.36 Å². The van der Waals surface area contributed by atoms with E-state index < -0.39 is 36.3 Å². The van der Waals surface area contributed by atoms with Crippen LogP contribution in [-0.2, 0) is 23.7 Å². The predicted molar refractivity (Wildman–Crippen MR) is 132 cm³/mol. The van der Waals surface area contributed by atoms with Crippen molar-refractivity contribution in [3.05, 3.63) is 72.9 Å². The van der Waals surface area contributed by atoms with Gasteiger partial charge >= 0.3 is 5.97 Å². The Kier molecular flexibility index (Phi) is 6.83. The maximum Gasteiger partial charge on any atom is 0.330 e. The molecule has 4 heterocycles. The number of hydrogen-bond donors (Lipinski definition) is 1. The Bertz CT molecular complexity index is 1350. The topological polar surface area (TPSA) is 127 Å². The SMILES string of the molecule is CCOC(=O)/C=C/C=C/[C@H]1O[C@@H](n2cnc3c(NC(=O)c4ccccc4)ncnc32)[C@@H]2OC(C)(C)O[C@@H]21. The Morgan fingerprint density at radius 2 is 1.89 bits per heavy atom. The normalized spacial score (nSPS) is 24.6.